The van der Waals surface area contributed by atoms with E-state index in [0.29, 0.717) is 5.82 Å². The Morgan fingerprint density at radius 3 is 2.93 bits per heavy atom. The van der Waals surface area contributed by atoms with Crippen molar-refractivity contribution in [3.05, 3.63) is 60.8 Å². The van der Waals surface area contributed by atoms with E-state index in [0.717, 1.165) is 35.0 Å². The number of benzene rings is 1. The third kappa shape index (κ3) is 2.67. The van der Waals surface area contributed by atoms with Crippen molar-refractivity contribution in [2.75, 3.05) is 5.73 Å². The van der Waals surface area contributed by atoms with E-state index in [1.807, 2.05) is 29.2 Å². The van der Waals surface area contributed by atoms with Gasteiger partial charge in [0.2, 0.25) is 0 Å². The first-order chi connectivity index (χ1) is 13.2. The van der Waals surface area contributed by atoms with Gasteiger partial charge in [0.05, 0.1) is 23.7 Å². The summed E-state index contributed by atoms with van der Waals surface area (Å²) in [7, 11) is 0. The standard InChI is InChI=1S/C20H20N6O/c21-19-16-4-5-26(20(16)23-11-22-19)17-7-14(8-18(17)27)12-2-1-3-13(6-12)15-9-24-25-10-15/h1-6,9-11,14,17-18,27H,7-8H2,(H,24,25)(H2,21,22,23)/t14-,17+,18+/m0/s1. The van der Waals surface area contributed by atoms with Gasteiger partial charge >= 0.3 is 0 Å². The lowest BCUT2D eigenvalue weighted by Gasteiger charge is -2.17. The number of nitrogens with zero attached hydrogens (tertiary/aromatic N) is 4. The van der Waals surface area contributed by atoms with Gasteiger partial charge in [-0.3, -0.25) is 5.10 Å². The van der Waals surface area contributed by atoms with Gasteiger partial charge in [0.1, 0.15) is 17.8 Å². The number of hydrogen-bond acceptors (Lipinski definition) is 5. The second-order valence-electron chi connectivity index (χ2n) is 7.13. The summed E-state index contributed by atoms with van der Waals surface area (Å²) in [6.45, 7) is 0. The van der Waals surface area contributed by atoms with Crippen molar-refractivity contribution >= 4 is 16.9 Å². The van der Waals surface area contributed by atoms with E-state index in [9.17, 15) is 5.11 Å². The second kappa shape index (κ2) is 6.21. The first-order valence-corrected chi connectivity index (χ1v) is 9.05. The molecule has 0 bridgehead atoms. The van der Waals surface area contributed by atoms with Gasteiger partial charge in [-0.15, -0.1) is 0 Å². The number of aromatic nitrogens is 5. The molecule has 3 aromatic heterocycles. The summed E-state index contributed by atoms with van der Waals surface area (Å²) < 4.78 is 2.04. The molecule has 0 amide bonds. The average molecular weight is 360 g/mol. The highest BCUT2D eigenvalue weighted by Gasteiger charge is 2.35. The third-order valence-electron chi connectivity index (χ3n) is 5.58. The van der Waals surface area contributed by atoms with Gasteiger partial charge in [-0.05, 0) is 36.0 Å². The van der Waals surface area contributed by atoms with E-state index < -0.39 is 6.10 Å². The molecule has 27 heavy (non-hydrogen) atoms. The molecule has 5 rings (SSSR count). The summed E-state index contributed by atoms with van der Waals surface area (Å²) in [5, 5.41) is 18.5. The molecule has 7 nitrogen and oxygen atoms in total. The normalized spacial score (nSPS) is 22.5. The van der Waals surface area contributed by atoms with Crippen LogP contribution in [0.5, 0.6) is 0 Å². The van der Waals surface area contributed by atoms with Gasteiger partial charge in [-0.25, -0.2) is 9.97 Å². The van der Waals surface area contributed by atoms with Crippen molar-refractivity contribution in [2.24, 2.45) is 0 Å². The zero-order chi connectivity index (χ0) is 18.4. The van der Waals surface area contributed by atoms with E-state index >= 15 is 0 Å². The molecule has 136 valence electrons. The number of H-pyrrole nitrogens is 1. The first kappa shape index (κ1) is 16.0. The number of nitrogens with one attached hydrogen (secondary N) is 1. The molecule has 1 aromatic carbocycles. The molecule has 0 unspecified atom stereocenters. The summed E-state index contributed by atoms with van der Waals surface area (Å²) in [6.07, 6.45) is 8.28. The number of rotatable bonds is 3. The molecule has 3 heterocycles. The van der Waals surface area contributed by atoms with Crippen molar-refractivity contribution in [1.82, 2.24) is 24.7 Å². The Labute approximate surface area is 155 Å². The SMILES string of the molecule is Nc1ncnc2c1ccn2[C@@H]1C[C@H](c2cccc(-c3cn[nH]c3)c2)C[C@H]1O. The van der Waals surface area contributed by atoms with Gasteiger partial charge in [-0.2, -0.15) is 5.10 Å². The summed E-state index contributed by atoms with van der Waals surface area (Å²) in [5.74, 6) is 0.754. The third-order valence-corrected chi connectivity index (χ3v) is 5.58. The van der Waals surface area contributed by atoms with E-state index in [1.54, 1.807) is 0 Å². The molecule has 0 aliphatic heterocycles. The smallest absolute Gasteiger partial charge is 0.145 e. The highest BCUT2D eigenvalue weighted by Crippen LogP contribution is 2.43. The van der Waals surface area contributed by atoms with Crippen molar-refractivity contribution in [2.45, 2.75) is 30.9 Å². The minimum absolute atomic E-state index is 0.0284. The number of aliphatic hydroxyl groups is 1. The fourth-order valence-corrected chi connectivity index (χ4v) is 4.20. The zero-order valence-electron chi connectivity index (χ0n) is 14.7. The Morgan fingerprint density at radius 2 is 2.07 bits per heavy atom. The van der Waals surface area contributed by atoms with Crippen LogP contribution in [0.25, 0.3) is 22.2 Å². The topological polar surface area (TPSA) is 106 Å². The number of aromatic amines is 1. The van der Waals surface area contributed by atoms with Gasteiger partial charge in [0, 0.05) is 18.0 Å². The lowest BCUT2D eigenvalue weighted by atomic mass is 9.94. The summed E-state index contributed by atoms with van der Waals surface area (Å²) in [4.78, 5) is 8.42. The summed E-state index contributed by atoms with van der Waals surface area (Å²) in [6, 6.07) is 10.4. The number of nitrogens with two attached hydrogens (primary N) is 1. The molecule has 4 N–H and O–H groups in total. The minimum atomic E-state index is -0.431. The van der Waals surface area contributed by atoms with Crippen LogP contribution >= 0.6 is 0 Å². The van der Waals surface area contributed by atoms with Crippen molar-refractivity contribution in [3.8, 4) is 11.1 Å². The van der Waals surface area contributed by atoms with Crippen LogP contribution in [0.4, 0.5) is 5.82 Å². The Kier molecular flexibility index (Phi) is 3.68. The Hall–Kier alpha value is -3.19. The second-order valence-corrected chi connectivity index (χ2v) is 7.13. The monoisotopic (exact) mass is 360 g/mol. The van der Waals surface area contributed by atoms with E-state index in [-0.39, 0.29) is 12.0 Å². The molecule has 3 atom stereocenters. The highest BCUT2D eigenvalue weighted by molar-refractivity contribution is 5.86. The van der Waals surface area contributed by atoms with Crippen LogP contribution in [0, 0.1) is 0 Å². The maximum atomic E-state index is 10.8. The fraction of sp³-hybridized carbons (Fsp3) is 0.250. The van der Waals surface area contributed by atoms with Crippen molar-refractivity contribution < 1.29 is 5.11 Å². The summed E-state index contributed by atoms with van der Waals surface area (Å²) in [5.41, 5.74) is 10.2. The molecule has 1 fully saturated rings. The number of anilines is 1. The molecular formula is C20H20N6O. The van der Waals surface area contributed by atoms with Gasteiger partial charge in [-0.1, -0.05) is 24.3 Å². The van der Waals surface area contributed by atoms with E-state index in [1.165, 1.54) is 11.9 Å². The number of hydrogen-bond donors (Lipinski definition) is 3. The Morgan fingerprint density at radius 1 is 1.15 bits per heavy atom. The molecule has 4 aromatic rings. The van der Waals surface area contributed by atoms with E-state index in [2.05, 4.69) is 44.4 Å². The number of nitrogen functional groups attached to an aromatic ring is 1. The molecule has 7 heteroatoms. The van der Waals surface area contributed by atoms with Gasteiger partial charge in [0.25, 0.3) is 0 Å². The highest BCUT2D eigenvalue weighted by atomic mass is 16.3. The van der Waals surface area contributed by atoms with Crippen LogP contribution < -0.4 is 5.73 Å². The summed E-state index contributed by atoms with van der Waals surface area (Å²) >= 11 is 0. The minimum Gasteiger partial charge on any atom is -0.391 e. The molecule has 0 saturated heterocycles. The van der Waals surface area contributed by atoms with Crippen LogP contribution in [-0.2, 0) is 0 Å². The predicted octanol–water partition coefficient (Wildman–Crippen LogP) is 2.88. The van der Waals surface area contributed by atoms with Gasteiger partial charge < -0.3 is 15.4 Å². The van der Waals surface area contributed by atoms with Crippen molar-refractivity contribution in [1.29, 1.82) is 0 Å². The zero-order valence-corrected chi connectivity index (χ0v) is 14.7. The molecular weight excluding hydrogens is 340 g/mol. The maximum Gasteiger partial charge on any atom is 0.145 e. The van der Waals surface area contributed by atoms with Crippen LogP contribution in [0.15, 0.2) is 55.2 Å². The number of fused-ring (bicyclic) bond motifs is 1. The molecule has 1 aliphatic rings. The quantitative estimate of drug-likeness (QED) is 0.521. The fourth-order valence-electron chi connectivity index (χ4n) is 4.20. The molecule has 0 radical (unpaired) electrons. The van der Waals surface area contributed by atoms with Gasteiger partial charge in [0.15, 0.2) is 0 Å². The van der Waals surface area contributed by atoms with E-state index in [4.69, 9.17) is 5.73 Å². The largest absolute Gasteiger partial charge is 0.391 e. The molecule has 1 aliphatic carbocycles. The predicted molar refractivity (Wildman–Crippen MR) is 103 cm³/mol. The molecule has 1 saturated carbocycles. The van der Waals surface area contributed by atoms with Crippen molar-refractivity contribution in [3.63, 3.8) is 0 Å². The Balaban J connectivity index is 1.46. The lowest BCUT2D eigenvalue weighted by Crippen LogP contribution is -2.17. The maximum absolute atomic E-state index is 10.8. The average Bonchev–Trinajstić information content (AvgIpc) is 3.41. The molecule has 0 spiro atoms. The Bertz CT molecular complexity index is 1090. The van der Waals surface area contributed by atoms with Crippen LogP contribution in [0.3, 0.4) is 0 Å². The van der Waals surface area contributed by atoms with Crippen LogP contribution in [0.2, 0.25) is 0 Å². The lowest BCUT2D eigenvalue weighted by molar-refractivity contribution is 0.137. The van der Waals surface area contributed by atoms with Crippen LogP contribution in [-0.4, -0.2) is 35.9 Å². The first-order valence-electron chi connectivity index (χ1n) is 9.05. The van der Waals surface area contributed by atoms with Crippen LogP contribution in [0.1, 0.15) is 30.4 Å². The number of aliphatic hydroxyl groups excluding tert-OH is 1.